The predicted octanol–water partition coefficient (Wildman–Crippen LogP) is 3.01. The van der Waals surface area contributed by atoms with Gasteiger partial charge in [-0.2, -0.15) is 11.8 Å². The molecule has 0 saturated heterocycles. The van der Waals surface area contributed by atoms with Crippen LogP contribution in [-0.4, -0.2) is 17.3 Å². The Morgan fingerprint density at radius 2 is 2.00 bits per heavy atom. The SMILES string of the molecule is C=C(CSCC)SCC. The molecule has 0 aliphatic carbocycles. The summed E-state index contributed by atoms with van der Waals surface area (Å²) in [6.45, 7) is 8.26. The van der Waals surface area contributed by atoms with Gasteiger partial charge in [0.15, 0.2) is 0 Å². The van der Waals surface area contributed by atoms with Gasteiger partial charge in [0.25, 0.3) is 0 Å². The lowest BCUT2D eigenvalue weighted by Gasteiger charge is -1.99. The Morgan fingerprint density at radius 3 is 2.44 bits per heavy atom. The molecule has 0 N–H and O–H groups in total. The van der Waals surface area contributed by atoms with Gasteiger partial charge >= 0.3 is 0 Å². The van der Waals surface area contributed by atoms with E-state index in [1.54, 1.807) is 0 Å². The van der Waals surface area contributed by atoms with Gasteiger partial charge in [0.05, 0.1) is 0 Å². The van der Waals surface area contributed by atoms with E-state index in [1.165, 1.54) is 10.7 Å². The molecular weight excluding hydrogens is 148 g/mol. The van der Waals surface area contributed by atoms with Crippen molar-refractivity contribution < 1.29 is 0 Å². The molecule has 0 spiro atoms. The molecule has 0 rings (SSSR count). The van der Waals surface area contributed by atoms with Gasteiger partial charge in [-0.3, -0.25) is 0 Å². The summed E-state index contributed by atoms with van der Waals surface area (Å²) in [4.78, 5) is 1.31. The highest BCUT2D eigenvalue weighted by atomic mass is 32.2. The van der Waals surface area contributed by atoms with Crippen molar-refractivity contribution in [3.8, 4) is 0 Å². The van der Waals surface area contributed by atoms with E-state index in [-0.39, 0.29) is 0 Å². The monoisotopic (exact) mass is 162 g/mol. The molecule has 0 radical (unpaired) electrons. The molecule has 0 aliphatic rings. The average molecular weight is 162 g/mol. The molecule has 0 atom stereocenters. The molecule has 0 aromatic rings. The van der Waals surface area contributed by atoms with Crippen molar-refractivity contribution in [2.75, 3.05) is 17.3 Å². The quantitative estimate of drug-likeness (QED) is 0.609. The molecule has 0 aromatic heterocycles. The zero-order valence-corrected chi connectivity index (χ0v) is 7.78. The number of rotatable bonds is 5. The van der Waals surface area contributed by atoms with Gasteiger partial charge in [-0.05, 0) is 16.4 Å². The van der Waals surface area contributed by atoms with Crippen LogP contribution in [0.4, 0.5) is 0 Å². The lowest BCUT2D eigenvalue weighted by Crippen LogP contribution is -1.80. The maximum atomic E-state index is 3.92. The van der Waals surface area contributed by atoms with Crippen LogP contribution in [0.3, 0.4) is 0 Å². The van der Waals surface area contributed by atoms with Crippen molar-refractivity contribution in [1.29, 1.82) is 0 Å². The Hall–Kier alpha value is 0.440. The Balaban J connectivity index is 3.06. The predicted molar refractivity (Wildman–Crippen MR) is 50.3 cm³/mol. The first-order chi connectivity index (χ1) is 4.31. The second-order valence-electron chi connectivity index (χ2n) is 1.61. The first kappa shape index (κ1) is 9.44. The maximum absolute atomic E-state index is 3.92. The third-order valence-electron chi connectivity index (χ3n) is 0.816. The number of hydrogen-bond donors (Lipinski definition) is 0. The van der Waals surface area contributed by atoms with Gasteiger partial charge in [-0.1, -0.05) is 20.4 Å². The van der Waals surface area contributed by atoms with E-state index in [2.05, 4.69) is 20.4 Å². The van der Waals surface area contributed by atoms with Crippen molar-refractivity contribution >= 4 is 23.5 Å². The third kappa shape index (κ3) is 6.32. The molecule has 0 aromatic carbocycles. The maximum Gasteiger partial charge on any atom is 0.0238 e. The highest BCUT2D eigenvalue weighted by molar-refractivity contribution is 8.05. The van der Waals surface area contributed by atoms with Gasteiger partial charge in [-0.25, -0.2) is 0 Å². The first-order valence-electron chi connectivity index (χ1n) is 3.19. The van der Waals surface area contributed by atoms with E-state index in [9.17, 15) is 0 Å². The van der Waals surface area contributed by atoms with E-state index in [0.29, 0.717) is 0 Å². The Labute approximate surface area is 66.5 Å². The van der Waals surface area contributed by atoms with Crippen molar-refractivity contribution in [3.05, 3.63) is 11.5 Å². The molecule has 0 nitrogen and oxygen atoms in total. The summed E-state index contributed by atoms with van der Waals surface area (Å²) in [6.07, 6.45) is 0. The van der Waals surface area contributed by atoms with Crippen LogP contribution in [0.15, 0.2) is 11.5 Å². The summed E-state index contributed by atoms with van der Waals surface area (Å²) in [6, 6.07) is 0. The fraction of sp³-hybridized carbons (Fsp3) is 0.714. The van der Waals surface area contributed by atoms with E-state index in [4.69, 9.17) is 0 Å². The summed E-state index contributed by atoms with van der Waals surface area (Å²) in [7, 11) is 0. The standard InChI is InChI=1S/C7H14S2/c1-4-8-6-7(3)9-5-2/h3-6H2,1-2H3. The summed E-state index contributed by atoms with van der Waals surface area (Å²) >= 11 is 3.79. The molecule has 0 fully saturated rings. The van der Waals surface area contributed by atoms with Crippen LogP contribution in [0.2, 0.25) is 0 Å². The Morgan fingerprint density at radius 1 is 1.33 bits per heavy atom. The molecule has 0 heterocycles. The summed E-state index contributed by atoms with van der Waals surface area (Å²) in [5.74, 6) is 3.47. The molecule has 0 aliphatic heterocycles. The lowest BCUT2D eigenvalue weighted by atomic mass is 10.7. The largest absolute Gasteiger partial charge is 0.157 e. The summed E-state index contributed by atoms with van der Waals surface area (Å²) in [5.41, 5.74) is 0. The van der Waals surface area contributed by atoms with E-state index >= 15 is 0 Å². The van der Waals surface area contributed by atoms with Gasteiger partial charge in [0.2, 0.25) is 0 Å². The normalized spacial score (nSPS) is 9.56. The molecule has 0 unspecified atom stereocenters. The van der Waals surface area contributed by atoms with Crippen molar-refractivity contribution in [2.24, 2.45) is 0 Å². The fourth-order valence-electron chi connectivity index (χ4n) is 0.462. The number of thioether (sulfide) groups is 2. The minimum Gasteiger partial charge on any atom is -0.157 e. The summed E-state index contributed by atoms with van der Waals surface area (Å²) < 4.78 is 0. The van der Waals surface area contributed by atoms with E-state index < -0.39 is 0 Å². The van der Waals surface area contributed by atoms with Crippen molar-refractivity contribution in [1.82, 2.24) is 0 Å². The van der Waals surface area contributed by atoms with Crippen molar-refractivity contribution in [3.63, 3.8) is 0 Å². The molecule has 0 amide bonds. The van der Waals surface area contributed by atoms with Gasteiger partial charge in [0, 0.05) is 5.75 Å². The summed E-state index contributed by atoms with van der Waals surface area (Å²) in [5, 5.41) is 0. The van der Waals surface area contributed by atoms with Crippen LogP contribution in [0, 0.1) is 0 Å². The van der Waals surface area contributed by atoms with Crippen LogP contribution in [-0.2, 0) is 0 Å². The van der Waals surface area contributed by atoms with Crippen LogP contribution in [0.5, 0.6) is 0 Å². The van der Waals surface area contributed by atoms with Crippen LogP contribution < -0.4 is 0 Å². The average Bonchev–Trinajstić information content (AvgIpc) is 1.85. The van der Waals surface area contributed by atoms with Gasteiger partial charge in [-0.15, -0.1) is 11.8 Å². The lowest BCUT2D eigenvalue weighted by molar-refractivity contribution is 1.50. The molecule has 54 valence electrons. The van der Waals surface area contributed by atoms with Crippen LogP contribution in [0.25, 0.3) is 0 Å². The zero-order valence-electron chi connectivity index (χ0n) is 6.14. The minimum atomic E-state index is 1.12. The topological polar surface area (TPSA) is 0 Å². The smallest absolute Gasteiger partial charge is 0.0238 e. The first-order valence-corrected chi connectivity index (χ1v) is 5.33. The van der Waals surface area contributed by atoms with Crippen LogP contribution >= 0.6 is 23.5 Å². The third-order valence-corrected chi connectivity index (χ3v) is 2.80. The van der Waals surface area contributed by atoms with E-state index in [0.717, 1.165) is 11.5 Å². The molecule has 2 heteroatoms. The molecule has 9 heavy (non-hydrogen) atoms. The number of hydrogen-bond acceptors (Lipinski definition) is 2. The Bertz CT molecular complexity index is 79.0. The molecular formula is C7H14S2. The molecule has 0 bridgehead atoms. The van der Waals surface area contributed by atoms with E-state index in [1.807, 2.05) is 23.5 Å². The Kier molecular flexibility index (Phi) is 6.88. The highest BCUT2D eigenvalue weighted by Crippen LogP contribution is 2.17. The minimum absolute atomic E-state index is 1.12. The highest BCUT2D eigenvalue weighted by Gasteiger charge is 1.90. The van der Waals surface area contributed by atoms with Crippen LogP contribution in [0.1, 0.15) is 13.8 Å². The molecule has 0 saturated carbocycles. The van der Waals surface area contributed by atoms with Gasteiger partial charge in [0.1, 0.15) is 0 Å². The van der Waals surface area contributed by atoms with Gasteiger partial charge < -0.3 is 0 Å². The second kappa shape index (κ2) is 6.56. The fourth-order valence-corrected chi connectivity index (χ4v) is 1.89. The second-order valence-corrected chi connectivity index (χ2v) is 4.33. The van der Waals surface area contributed by atoms with Crippen molar-refractivity contribution in [2.45, 2.75) is 13.8 Å². The zero-order chi connectivity index (χ0) is 7.11.